The number of hydrogen-bond acceptors (Lipinski definition) is 6. The van der Waals surface area contributed by atoms with Crippen LogP contribution in [0.25, 0.3) is 0 Å². The average molecular weight is 382 g/mol. The molecule has 2 aromatic rings. The van der Waals surface area contributed by atoms with Gasteiger partial charge in [0.15, 0.2) is 11.5 Å². The molecule has 0 bridgehead atoms. The summed E-state index contributed by atoms with van der Waals surface area (Å²) < 4.78 is 10.6. The number of carbonyl (C=O) groups excluding carboxylic acids is 1. The molecule has 2 aliphatic heterocycles. The minimum absolute atomic E-state index is 0.0494. The van der Waals surface area contributed by atoms with E-state index in [-0.39, 0.29) is 12.7 Å². The summed E-state index contributed by atoms with van der Waals surface area (Å²) in [5.74, 6) is 1.17. The fraction of sp³-hybridized carbons (Fsp3) is 0.381. The van der Waals surface area contributed by atoms with Crippen LogP contribution in [-0.2, 0) is 4.79 Å². The summed E-state index contributed by atoms with van der Waals surface area (Å²) in [5.41, 5.74) is 9.59. The van der Waals surface area contributed by atoms with Gasteiger partial charge in [0.2, 0.25) is 12.7 Å². The molecule has 0 radical (unpaired) electrons. The van der Waals surface area contributed by atoms with Crippen molar-refractivity contribution in [1.82, 2.24) is 4.90 Å². The predicted molar refractivity (Wildman–Crippen MR) is 110 cm³/mol. The molecule has 2 aromatic carbocycles. The number of nitrogens with zero attached hydrogens (tertiary/aromatic N) is 2. The summed E-state index contributed by atoms with van der Waals surface area (Å²) in [6.07, 6.45) is 0.429. The van der Waals surface area contributed by atoms with Crippen molar-refractivity contribution in [3.63, 3.8) is 0 Å². The number of benzene rings is 2. The van der Waals surface area contributed by atoms with Crippen LogP contribution in [0.1, 0.15) is 12.0 Å². The van der Waals surface area contributed by atoms with Crippen molar-refractivity contribution >= 4 is 23.0 Å². The fourth-order valence-electron chi connectivity index (χ4n) is 3.59. The Morgan fingerprint density at radius 2 is 1.86 bits per heavy atom. The lowest BCUT2D eigenvalue weighted by Crippen LogP contribution is -2.47. The Balaban J connectivity index is 1.25. The summed E-state index contributed by atoms with van der Waals surface area (Å²) in [6.45, 7) is 6.88. The molecule has 2 aliphatic rings. The number of piperazine rings is 1. The first-order valence-electron chi connectivity index (χ1n) is 9.61. The normalized spacial score (nSPS) is 16.2. The van der Waals surface area contributed by atoms with E-state index in [1.54, 1.807) is 12.1 Å². The molecular formula is C21H26N4O3. The van der Waals surface area contributed by atoms with Crippen molar-refractivity contribution in [2.75, 3.05) is 55.5 Å². The molecule has 3 N–H and O–H groups in total. The van der Waals surface area contributed by atoms with Crippen LogP contribution < -0.4 is 25.4 Å². The van der Waals surface area contributed by atoms with Crippen LogP contribution in [0.4, 0.5) is 17.1 Å². The number of carbonyl (C=O) groups is 1. The van der Waals surface area contributed by atoms with Crippen molar-refractivity contribution in [1.29, 1.82) is 0 Å². The van der Waals surface area contributed by atoms with Gasteiger partial charge in [-0.15, -0.1) is 0 Å². The lowest BCUT2D eigenvalue weighted by atomic mass is 10.2. The van der Waals surface area contributed by atoms with Crippen LogP contribution >= 0.6 is 0 Å². The van der Waals surface area contributed by atoms with Crippen molar-refractivity contribution in [3.05, 3.63) is 42.0 Å². The molecule has 0 saturated carbocycles. The average Bonchev–Trinajstić information content (AvgIpc) is 3.14. The van der Waals surface area contributed by atoms with Crippen molar-refractivity contribution in [3.8, 4) is 11.5 Å². The van der Waals surface area contributed by atoms with Gasteiger partial charge in [-0.1, -0.05) is 12.1 Å². The van der Waals surface area contributed by atoms with Crippen molar-refractivity contribution < 1.29 is 14.3 Å². The summed E-state index contributed by atoms with van der Waals surface area (Å²) in [6, 6.07) is 12.0. The zero-order valence-corrected chi connectivity index (χ0v) is 16.1. The lowest BCUT2D eigenvalue weighted by Gasteiger charge is -2.36. The van der Waals surface area contributed by atoms with Gasteiger partial charge in [0.05, 0.1) is 11.4 Å². The van der Waals surface area contributed by atoms with E-state index in [4.69, 9.17) is 15.2 Å². The third-order valence-corrected chi connectivity index (χ3v) is 5.21. The molecule has 0 aliphatic carbocycles. The Kier molecular flexibility index (Phi) is 5.25. The van der Waals surface area contributed by atoms with Crippen LogP contribution in [0.5, 0.6) is 11.5 Å². The molecule has 1 saturated heterocycles. The van der Waals surface area contributed by atoms with E-state index >= 15 is 0 Å². The maximum atomic E-state index is 12.4. The number of fused-ring (bicyclic) bond motifs is 1. The topological polar surface area (TPSA) is 80.1 Å². The highest BCUT2D eigenvalue weighted by Crippen LogP contribution is 2.38. The molecule has 0 atom stereocenters. The van der Waals surface area contributed by atoms with E-state index in [1.807, 2.05) is 0 Å². The molecule has 1 amide bonds. The SMILES string of the molecule is Cc1cccc(N2CCN(CCC(=O)Nc3cc4c(cc3N)OCO4)CC2)c1. The summed E-state index contributed by atoms with van der Waals surface area (Å²) in [5, 5.41) is 2.88. The first kappa shape index (κ1) is 18.4. The van der Waals surface area contributed by atoms with Crippen molar-refractivity contribution in [2.45, 2.75) is 13.3 Å². The second kappa shape index (κ2) is 7.98. The third kappa shape index (κ3) is 4.14. The molecule has 2 heterocycles. The van der Waals surface area contributed by atoms with Gasteiger partial charge in [0.25, 0.3) is 0 Å². The van der Waals surface area contributed by atoms with E-state index < -0.39 is 0 Å². The van der Waals surface area contributed by atoms with Crippen LogP contribution in [0.3, 0.4) is 0 Å². The molecule has 28 heavy (non-hydrogen) atoms. The minimum atomic E-state index is -0.0494. The Morgan fingerprint density at radius 3 is 2.61 bits per heavy atom. The van der Waals surface area contributed by atoms with Gasteiger partial charge in [-0.2, -0.15) is 0 Å². The first-order valence-corrected chi connectivity index (χ1v) is 9.61. The quantitative estimate of drug-likeness (QED) is 0.774. The number of aryl methyl sites for hydroxylation is 1. The Labute approximate surface area is 165 Å². The number of nitrogens with one attached hydrogen (secondary N) is 1. The molecule has 0 unspecified atom stereocenters. The smallest absolute Gasteiger partial charge is 0.231 e. The van der Waals surface area contributed by atoms with Gasteiger partial charge < -0.3 is 25.4 Å². The number of rotatable bonds is 5. The Hall–Kier alpha value is -2.93. The zero-order valence-electron chi connectivity index (χ0n) is 16.1. The summed E-state index contributed by atoms with van der Waals surface area (Å²) >= 11 is 0. The molecular weight excluding hydrogens is 356 g/mol. The van der Waals surface area contributed by atoms with Crippen LogP contribution in [0.15, 0.2) is 36.4 Å². The van der Waals surface area contributed by atoms with Gasteiger partial charge in [0, 0.05) is 57.0 Å². The molecule has 0 aromatic heterocycles. The van der Waals surface area contributed by atoms with Crippen LogP contribution in [0, 0.1) is 6.92 Å². The highest BCUT2D eigenvalue weighted by molar-refractivity contribution is 5.94. The number of hydrogen-bond donors (Lipinski definition) is 2. The monoisotopic (exact) mass is 382 g/mol. The van der Waals surface area contributed by atoms with E-state index in [1.165, 1.54) is 11.3 Å². The number of anilines is 3. The van der Waals surface area contributed by atoms with Gasteiger partial charge in [-0.05, 0) is 24.6 Å². The maximum Gasteiger partial charge on any atom is 0.231 e. The summed E-state index contributed by atoms with van der Waals surface area (Å²) in [4.78, 5) is 17.1. The van der Waals surface area contributed by atoms with Gasteiger partial charge in [0.1, 0.15) is 0 Å². The molecule has 148 valence electrons. The highest BCUT2D eigenvalue weighted by Gasteiger charge is 2.19. The summed E-state index contributed by atoms with van der Waals surface area (Å²) in [7, 11) is 0. The van der Waals surface area contributed by atoms with Crippen LogP contribution in [0.2, 0.25) is 0 Å². The second-order valence-corrected chi connectivity index (χ2v) is 7.26. The number of ether oxygens (including phenoxy) is 2. The van der Waals surface area contributed by atoms with E-state index in [9.17, 15) is 4.79 Å². The Morgan fingerprint density at radius 1 is 1.11 bits per heavy atom. The zero-order chi connectivity index (χ0) is 19.5. The standard InChI is InChI=1S/C21H26N4O3/c1-15-3-2-4-16(11-15)25-9-7-24(8-10-25)6-5-21(26)23-18-13-20-19(12-17(18)22)27-14-28-20/h2-4,11-13H,5-10,14,22H2,1H3,(H,23,26). The number of amides is 1. The van der Waals surface area contributed by atoms with E-state index in [2.05, 4.69) is 46.3 Å². The number of nitrogen functional groups attached to an aromatic ring is 1. The predicted octanol–water partition coefficient (Wildman–Crippen LogP) is 2.46. The molecule has 0 spiro atoms. The van der Waals surface area contributed by atoms with E-state index in [0.717, 1.165) is 32.7 Å². The van der Waals surface area contributed by atoms with Gasteiger partial charge in [-0.25, -0.2) is 0 Å². The molecule has 4 rings (SSSR count). The fourth-order valence-corrected chi connectivity index (χ4v) is 3.59. The largest absolute Gasteiger partial charge is 0.454 e. The highest BCUT2D eigenvalue weighted by atomic mass is 16.7. The lowest BCUT2D eigenvalue weighted by molar-refractivity contribution is -0.116. The number of nitrogens with two attached hydrogens (primary N) is 1. The van der Waals surface area contributed by atoms with Crippen LogP contribution in [-0.4, -0.2) is 50.3 Å². The Bertz CT molecular complexity index is 863. The maximum absolute atomic E-state index is 12.4. The first-order chi connectivity index (χ1) is 13.6. The minimum Gasteiger partial charge on any atom is -0.454 e. The molecule has 7 nitrogen and oxygen atoms in total. The molecule has 7 heteroatoms. The third-order valence-electron chi connectivity index (χ3n) is 5.21. The second-order valence-electron chi connectivity index (χ2n) is 7.26. The van der Waals surface area contributed by atoms with Gasteiger partial charge in [-0.3, -0.25) is 9.69 Å². The van der Waals surface area contributed by atoms with Crippen molar-refractivity contribution in [2.24, 2.45) is 0 Å². The van der Waals surface area contributed by atoms with Gasteiger partial charge >= 0.3 is 0 Å². The molecule has 1 fully saturated rings. The van der Waals surface area contributed by atoms with E-state index in [0.29, 0.717) is 29.3 Å².